The van der Waals surface area contributed by atoms with E-state index in [9.17, 15) is 18.0 Å². The lowest BCUT2D eigenvalue weighted by Crippen LogP contribution is -2.28. The lowest BCUT2D eigenvalue weighted by molar-refractivity contribution is -0.137. The van der Waals surface area contributed by atoms with E-state index >= 15 is 0 Å². The topological polar surface area (TPSA) is 62.6 Å². The van der Waals surface area contributed by atoms with Gasteiger partial charge in [-0.2, -0.15) is 18.2 Å². The van der Waals surface area contributed by atoms with E-state index in [1.54, 1.807) is 29.9 Å². The molecule has 4 aromatic rings. The molecule has 0 aliphatic carbocycles. The summed E-state index contributed by atoms with van der Waals surface area (Å²) in [5.41, 5.74) is 1.25. The van der Waals surface area contributed by atoms with Gasteiger partial charge in [0.1, 0.15) is 23.0 Å². The van der Waals surface area contributed by atoms with Crippen LogP contribution in [0.25, 0.3) is 11.3 Å². The molecule has 1 aliphatic heterocycles. The van der Waals surface area contributed by atoms with Crippen molar-refractivity contribution in [3.05, 3.63) is 93.4 Å². The number of rotatable bonds is 5. The van der Waals surface area contributed by atoms with Crippen LogP contribution in [-0.2, 0) is 19.1 Å². The van der Waals surface area contributed by atoms with Gasteiger partial charge in [0.25, 0.3) is 0 Å². The molecule has 0 radical (unpaired) electrons. The minimum Gasteiger partial charge on any atom is -0.497 e. The van der Waals surface area contributed by atoms with E-state index < -0.39 is 22.5 Å². The molecule has 0 spiro atoms. The summed E-state index contributed by atoms with van der Waals surface area (Å²) in [5.74, 6) is 1.51. The molecular formula is C26H18ClF3N2O4. The number of ether oxygens (including phenoxy) is 3. The smallest absolute Gasteiger partial charge is 0.417 e. The summed E-state index contributed by atoms with van der Waals surface area (Å²) in [7, 11) is 1.60. The van der Waals surface area contributed by atoms with Crippen LogP contribution in [0.15, 0.2) is 71.5 Å². The van der Waals surface area contributed by atoms with Crippen molar-refractivity contribution in [2.45, 2.75) is 19.1 Å². The number of alkyl halides is 3. The average molecular weight is 515 g/mol. The number of nitrogens with zero attached hydrogens (tertiary/aromatic N) is 2. The van der Waals surface area contributed by atoms with E-state index in [0.29, 0.717) is 30.2 Å². The van der Waals surface area contributed by atoms with Crippen LogP contribution in [-0.4, -0.2) is 16.7 Å². The van der Waals surface area contributed by atoms with Gasteiger partial charge in [-0.05, 0) is 72.6 Å². The highest BCUT2D eigenvalue weighted by atomic mass is 35.5. The van der Waals surface area contributed by atoms with E-state index in [1.807, 2.05) is 18.2 Å². The Balaban J connectivity index is 1.36. The second kappa shape index (κ2) is 9.23. The SMILES string of the molecule is COc1ccc2c(c1)CCn1c-2cc(Oc2ccc(Oc3ccc(Cl)c(C(F)(F)F)c3)cc2)nc1=O. The van der Waals surface area contributed by atoms with Gasteiger partial charge in [0.05, 0.1) is 23.4 Å². The fourth-order valence-electron chi connectivity index (χ4n) is 3.98. The molecule has 10 heteroatoms. The Labute approximate surface area is 208 Å². The molecule has 1 aromatic heterocycles. The Bertz CT molecular complexity index is 1500. The van der Waals surface area contributed by atoms with Gasteiger partial charge < -0.3 is 14.2 Å². The second-order valence-corrected chi connectivity index (χ2v) is 8.41. The first kappa shape index (κ1) is 23.7. The van der Waals surface area contributed by atoms with E-state index in [1.165, 1.54) is 18.2 Å². The zero-order valence-electron chi connectivity index (χ0n) is 18.8. The van der Waals surface area contributed by atoms with Gasteiger partial charge >= 0.3 is 11.9 Å². The molecule has 0 saturated carbocycles. The van der Waals surface area contributed by atoms with Crippen molar-refractivity contribution in [3.8, 4) is 40.1 Å². The average Bonchev–Trinajstić information content (AvgIpc) is 2.85. The summed E-state index contributed by atoms with van der Waals surface area (Å²) in [6.07, 6.45) is -3.91. The third kappa shape index (κ3) is 4.74. The number of halogens is 4. The molecule has 184 valence electrons. The molecule has 1 aliphatic rings. The third-order valence-corrected chi connectivity index (χ3v) is 6.04. The largest absolute Gasteiger partial charge is 0.497 e. The molecule has 36 heavy (non-hydrogen) atoms. The van der Waals surface area contributed by atoms with Gasteiger partial charge in [0.2, 0.25) is 5.88 Å². The summed E-state index contributed by atoms with van der Waals surface area (Å²) in [6, 6.07) is 16.9. The van der Waals surface area contributed by atoms with Crippen LogP contribution < -0.4 is 19.9 Å². The molecule has 0 saturated heterocycles. The highest BCUT2D eigenvalue weighted by Gasteiger charge is 2.33. The highest BCUT2D eigenvalue weighted by Crippen LogP contribution is 2.38. The van der Waals surface area contributed by atoms with Crippen LogP contribution in [0, 0.1) is 0 Å². The van der Waals surface area contributed by atoms with Gasteiger partial charge in [-0.3, -0.25) is 4.57 Å². The summed E-state index contributed by atoms with van der Waals surface area (Å²) in [5, 5.41) is -0.409. The fourth-order valence-corrected chi connectivity index (χ4v) is 4.20. The third-order valence-electron chi connectivity index (χ3n) is 5.71. The van der Waals surface area contributed by atoms with Crippen molar-refractivity contribution in [1.82, 2.24) is 9.55 Å². The number of fused-ring (bicyclic) bond motifs is 3. The molecule has 0 amide bonds. The van der Waals surface area contributed by atoms with Crippen molar-refractivity contribution < 1.29 is 27.4 Å². The summed E-state index contributed by atoms with van der Waals surface area (Å²) < 4.78 is 57.5. The standard InChI is InChI=1S/C26H18ClF3N2O4/c1-34-18-6-8-20-15(12-18)10-11-32-23(20)14-24(31-25(32)33)36-17-4-2-16(3-5-17)35-19-7-9-22(27)21(13-19)26(28,29)30/h2-9,12-14H,10-11H2,1H3. The lowest BCUT2D eigenvalue weighted by Gasteiger charge is -2.22. The Morgan fingerprint density at radius 3 is 2.25 bits per heavy atom. The molecular weight excluding hydrogens is 497 g/mol. The van der Waals surface area contributed by atoms with Gasteiger partial charge in [0.15, 0.2) is 0 Å². The minimum atomic E-state index is -4.60. The predicted molar refractivity (Wildman–Crippen MR) is 127 cm³/mol. The van der Waals surface area contributed by atoms with Gasteiger partial charge in [-0.1, -0.05) is 11.6 Å². The molecule has 5 rings (SSSR count). The number of hydrogen-bond acceptors (Lipinski definition) is 5. The van der Waals surface area contributed by atoms with E-state index in [4.69, 9.17) is 25.8 Å². The molecule has 0 N–H and O–H groups in total. The first-order chi connectivity index (χ1) is 17.2. The molecule has 2 heterocycles. The monoisotopic (exact) mass is 514 g/mol. The van der Waals surface area contributed by atoms with Crippen LogP contribution in [0.5, 0.6) is 28.9 Å². The minimum absolute atomic E-state index is 0.0138. The van der Waals surface area contributed by atoms with Gasteiger partial charge in [-0.15, -0.1) is 0 Å². The first-order valence-corrected chi connectivity index (χ1v) is 11.2. The van der Waals surface area contributed by atoms with Crippen LogP contribution in [0.1, 0.15) is 11.1 Å². The maximum Gasteiger partial charge on any atom is 0.417 e. The van der Waals surface area contributed by atoms with E-state index in [0.717, 1.165) is 29.0 Å². The summed E-state index contributed by atoms with van der Waals surface area (Å²) >= 11 is 5.65. The zero-order valence-corrected chi connectivity index (χ0v) is 19.6. The second-order valence-electron chi connectivity index (χ2n) is 8.00. The van der Waals surface area contributed by atoms with Crippen LogP contribution >= 0.6 is 11.6 Å². The summed E-state index contributed by atoms with van der Waals surface area (Å²) in [6.45, 7) is 0.494. The number of aryl methyl sites for hydroxylation is 1. The maximum atomic E-state index is 13.1. The van der Waals surface area contributed by atoms with Crippen LogP contribution in [0.2, 0.25) is 5.02 Å². The molecule has 0 fully saturated rings. The number of benzene rings is 3. The quantitative estimate of drug-likeness (QED) is 0.295. The number of aromatic nitrogens is 2. The molecule has 0 unspecified atom stereocenters. The van der Waals surface area contributed by atoms with Crippen molar-refractivity contribution in [2.24, 2.45) is 0 Å². The molecule has 0 bridgehead atoms. The first-order valence-electron chi connectivity index (χ1n) is 10.8. The predicted octanol–water partition coefficient (Wildman–Crippen LogP) is 6.73. The normalized spacial score (nSPS) is 12.5. The van der Waals surface area contributed by atoms with Crippen LogP contribution in [0.3, 0.4) is 0 Å². The van der Waals surface area contributed by atoms with Crippen molar-refractivity contribution >= 4 is 11.6 Å². The number of methoxy groups -OCH3 is 1. The number of hydrogen-bond donors (Lipinski definition) is 0. The lowest BCUT2D eigenvalue weighted by atomic mass is 9.97. The van der Waals surface area contributed by atoms with Gasteiger partial charge in [-0.25, -0.2) is 4.79 Å². The van der Waals surface area contributed by atoms with Gasteiger partial charge in [0, 0.05) is 18.2 Å². The van der Waals surface area contributed by atoms with Crippen molar-refractivity contribution in [1.29, 1.82) is 0 Å². The Kier molecular flexibility index (Phi) is 6.09. The Morgan fingerprint density at radius 1 is 0.889 bits per heavy atom. The Hall–Kier alpha value is -3.98. The van der Waals surface area contributed by atoms with Crippen LogP contribution in [0.4, 0.5) is 13.2 Å². The Morgan fingerprint density at radius 2 is 1.56 bits per heavy atom. The summed E-state index contributed by atoms with van der Waals surface area (Å²) in [4.78, 5) is 16.7. The fraction of sp³-hybridized carbons (Fsp3) is 0.154. The highest BCUT2D eigenvalue weighted by molar-refractivity contribution is 6.31. The van der Waals surface area contributed by atoms with Crippen molar-refractivity contribution in [2.75, 3.05) is 7.11 Å². The zero-order chi connectivity index (χ0) is 25.4. The van der Waals surface area contributed by atoms with E-state index in [2.05, 4.69) is 4.98 Å². The molecule has 3 aromatic carbocycles. The maximum absolute atomic E-state index is 13.1. The van der Waals surface area contributed by atoms with Crippen molar-refractivity contribution in [3.63, 3.8) is 0 Å². The molecule has 0 atom stereocenters. The molecule has 6 nitrogen and oxygen atoms in total. The van der Waals surface area contributed by atoms with E-state index in [-0.39, 0.29) is 11.6 Å².